The Hall–Kier alpha value is -3.68. The van der Waals surface area contributed by atoms with E-state index < -0.39 is 0 Å². The second kappa shape index (κ2) is 8.55. The number of nitrogens with zero attached hydrogens (tertiary/aromatic N) is 7. The molecule has 0 fully saturated rings. The fraction of sp³-hybridized carbons (Fsp3) is 0.238. The lowest BCUT2D eigenvalue weighted by Gasteiger charge is -2.05. The molecule has 1 aromatic carbocycles. The Labute approximate surface area is 168 Å². The van der Waals surface area contributed by atoms with Gasteiger partial charge in [0, 0.05) is 18.5 Å². The topological polar surface area (TPSA) is 90.4 Å². The van der Waals surface area contributed by atoms with Gasteiger partial charge in [-0.3, -0.25) is 4.98 Å². The van der Waals surface area contributed by atoms with Crippen LogP contribution in [0.25, 0.3) is 16.7 Å². The number of ether oxygens (including phenoxy) is 1. The van der Waals surface area contributed by atoms with Crippen molar-refractivity contribution in [1.29, 1.82) is 0 Å². The number of rotatable bonds is 7. The average Bonchev–Trinajstić information content (AvgIpc) is 3.14. The number of hydrogen-bond donors (Lipinski definition) is 0. The summed E-state index contributed by atoms with van der Waals surface area (Å²) in [7, 11) is 1.65. The van der Waals surface area contributed by atoms with E-state index in [9.17, 15) is 0 Å². The van der Waals surface area contributed by atoms with Crippen LogP contribution in [-0.4, -0.2) is 31.8 Å². The SMILES string of the molecule is CCCc1nn(-c2cccc(OC)c2)c2ncnc(N=NCc3ccncc3)c12. The van der Waals surface area contributed by atoms with Crippen molar-refractivity contribution in [2.24, 2.45) is 10.2 Å². The maximum atomic E-state index is 5.35. The van der Waals surface area contributed by atoms with Crippen molar-refractivity contribution in [3.63, 3.8) is 0 Å². The minimum absolute atomic E-state index is 0.459. The Morgan fingerprint density at radius 1 is 1.10 bits per heavy atom. The van der Waals surface area contributed by atoms with Crippen molar-refractivity contribution in [2.45, 2.75) is 26.3 Å². The number of azo groups is 1. The van der Waals surface area contributed by atoms with Crippen LogP contribution in [0.15, 0.2) is 65.3 Å². The molecule has 0 N–H and O–H groups in total. The van der Waals surface area contributed by atoms with Crippen molar-refractivity contribution in [3.8, 4) is 11.4 Å². The van der Waals surface area contributed by atoms with Gasteiger partial charge in [-0.1, -0.05) is 19.4 Å². The highest BCUT2D eigenvalue weighted by Crippen LogP contribution is 2.29. The summed E-state index contributed by atoms with van der Waals surface area (Å²) in [6.07, 6.45) is 6.73. The molecule has 0 amide bonds. The number of methoxy groups -OCH3 is 1. The number of benzene rings is 1. The Morgan fingerprint density at radius 3 is 2.76 bits per heavy atom. The van der Waals surface area contributed by atoms with Gasteiger partial charge in [-0.05, 0) is 36.2 Å². The summed E-state index contributed by atoms with van der Waals surface area (Å²) < 4.78 is 7.16. The van der Waals surface area contributed by atoms with Crippen molar-refractivity contribution >= 4 is 16.9 Å². The van der Waals surface area contributed by atoms with Gasteiger partial charge in [-0.25, -0.2) is 14.6 Å². The molecule has 146 valence electrons. The molecule has 4 rings (SSSR count). The first-order valence-electron chi connectivity index (χ1n) is 9.43. The first-order chi connectivity index (χ1) is 14.3. The lowest BCUT2D eigenvalue weighted by Crippen LogP contribution is -1.99. The van der Waals surface area contributed by atoms with Crippen LogP contribution in [0.1, 0.15) is 24.6 Å². The summed E-state index contributed by atoms with van der Waals surface area (Å²) in [5.41, 5.74) is 3.52. The van der Waals surface area contributed by atoms with Crippen LogP contribution in [0.5, 0.6) is 5.75 Å². The Bertz CT molecular complexity index is 1140. The number of hydrogen-bond acceptors (Lipinski definition) is 7. The third-order valence-corrected chi connectivity index (χ3v) is 4.47. The van der Waals surface area contributed by atoms with Gasteiger partial charge in [-0.15, -0.1) is 5.11 Å². The molecule has 3 aromatic heterocycles. The summed E-state index contributed by atoms with van der Waals surface area (Å²) in [5, 5.41) is 14.3. The van der Waals surface area contributed by atoms with Gasteiger partial charge in [0.2, 0.25) is 0 Å². The Balaban J connectivity index is 1.77. The minimum atomic E-state index is 0.459. The van der Waals surface area contributed by atoms with Crippen molar-refractivity contribution in [3.05, 3.63) is 66.4 Å². The lowest BCUT2D eigenvalue weighted by atomic mass is 10.2. The van der Waals surface area contributed by atoms with Gasteiger partial charge >= 0.3 is 0 Å². The van der Waals surface area contributed by atoms with Crippen LogP contribution in [0.3, 0.4) is 0 Å². The fourth-order valence-corrected chi connectivity index (χ4v) is 3.09. The van der Waals surface area contributed by atoms with Crippen LogP contribution < -0.4 is 4.74 Å². The van der Waals surface area contributed by atoms with Crippen molar-refractivity contribution in [1.82, 2.24) is 24.7 Å². The first kappa shape index (κ1) is 18.7. The predicted molar refractivity (Wildman–Crippen MR) is 110 cm³/mol. The highest BCUT2D eigenvalue weighted by molar-refractivity contribution is 5.88. The summed E-state index contributed by atoms with van der Waals surface area (Å²) in [6.45, 7) is 2.58. The highest BCUT2D eigenvalue weighted by Gasteiger charge is 2.17. The number of aromatic nitrogens is 5. The van der Waals surface area contributed by atoms with E-state index in [1.807, 2.05) is 41.1 Å². The van der Waals surface area contributed by atoms with Crippen LogP contribution in [-0.2, 0) is 13.0 Å². The molecular formula is C21H21N7O. The highest BCUT2D eigenvalue weighted by atomic mass is 16.5. The van der Waals surface area contributed by atoms with Crippen LogP contribution in [0, 0.1) is 0 Å². The molecule has 29 heavy (non-hydrogen) atoms. The molecule has 0 unspecified atom stereocenters. The van der Waals surface area contributed by atoms with Gasteiger partial charge < -0.3 is 4.74 Å². The molecule has 0 saturated carbocycles. The van der Waals surface area contributed by atoms with E-state index in [0.717, 1.165) is 40.9 Å². The van der Waals surface area contributed by atoms with Gasteiger partial charge in [0.25, 0.3) is 0 Å². The van der Waals surface area contributed by atoms with Gasteiger partial charge in [-0.2, -0.15) is 10.2 Å². The maximum absolute atomic E-state index is 5.35. The van der Waals surface area contributed by atoms with E-state index >= 15 is 0 Å². The molecule has 4 aromatic rings. The largest absolute Gasteiger partial charge is 0.497 e. The van der Waals surface area contributed by atoms with Crippen molar-refractivity contribution in [2.75, 3.05) is 7.11 Å². The molecule has 0 atom stereocenters. The van der Waals surface area contributed by atoms with E-state index in [2.05, 4.69) is 32.1 Å². The Morgan fingerprint density at radius 2 is 1.97 bits per heavy atom. The fourth-order valence-electron chi connectivity index (χ4n) is 3.09. The zero-order valence-electron chi connectivity index (χ0n) is 16.4. The van der Waals surface area contributed by atoms with Gasteiger partial charge in [0.05, 0.1) is 30.4 Å². The van der Waals surface area contributed by atoms with Crippen molar-refractivity contribution < 1.29 is 4.74 Å². The summed E-state index contributed by atoms with van der Waals surface area (Å²) in [6, 6.07) is 11.6. The third kappa shape index (κ3) is 3.96. The number of aryl methyl sites for hydroxylation is 1. The molecule has 8 nitrogen and oxygen atoms in total. The monoisotopic (exact) mass is 387 g/mol. The first-order valence-corrected chi connectivity index (χ1v) is 9.43. The zero-order valence-corrected chi connectivity index (χ0v) is 16.4. The number of fused-ring (bicyclic) bond motifs is 1. The molecular weight excluding hydrogens is 366 g/mol. The van der Waals surface area contributed by atoms with E-state index in [1.165, 1.54) is 6.33 Å². The minimum Gasteiger partial charge on any atom is -0.497 e. The summed E-state index contributed by atoms with van der Waals surface area (Å²) >= 11 is 0. The lowest BCUT2D eigenvalue weighted by molar-refractivity contribution is 0.414. The molecule has 8 heteroatoms. The smallest absolute Gasteiger partial charge is 0.188 e. The standard InChI is InChI=1S/C21H21N7O/c1-3-5-18-19-20(26-25-13-15-8-10-22-11-9-15)23-14-24-21(19)28(27-18)16-6-4-7-17(12-16)29-2/h4,6-12,14H,3,5,13H2,1-2H3. The molecule has 0 aliphatic carbocycles. The third-order valence-electron chi connectivity index (χ3n) is 4.47. The van der Waals surface area contributed by atoms with E-state index in [-0.39, 0.29) is 0 Å². The predicted octanol–water partition coefficient (Wildman–Crippen LogP) is 4.46. The quantitative estimate of drug-likeness (QED) is 0.437. The van der Waals surface area contributed by atoms with Crippen LogP contribution in [0.2, 0.25) is 0 Å². The normalized spacial score (nSPS) is 11.4. The van der Waals surface area contributed by atoms with E-state index in [0.29, 0.717) is 18.0 Å². The molecule has 0 aliphatic rings. The van der Waals surface area contributed by atoms with E-state index in [1.54, 1.807) is 19.5 Å². The number of pyridine rings is 1. The second-order valence-corrected chi connectivity index (χ2v) is 6.46. The second-order valence-electron chi connectivity index (χ2n) is 6.46. The Kier molecular flexibility index (Phi) is 5.51. The molecule has 0 spiro atoms. The average molecular weight is 387 g/mol. The zero-order chi connectivity index (χ0) is 20.1. The molecule has 0 saturated heterocycles. The molecule has 0 aliphatic heterocycles. The summed E-state index contributed by atoms with van der Waals surface area (Å²) in [4.78, 5) is 12.9. The molecule has 0 radical (unpaired) electrons. The molecule has 0 bridgehead atoms. The van der Waals surface area contributed by atoms with Crippen LogP contribution in [0.4, 0.5) is 5.82 Å². The molecule has 3 heterocycles. The van der Waals surface area contributed by atoms with Gasteiger partial charge in [0.1, 0.15) is 12.1 Å². The van der Waals surface area contributed by atoms with Gasteiger partial charge in [0.15, 0.2) is 11.5 Å². The van der Waals surface area contributed by atoms with E-state index in [4.69, 9.17) is 9.84 Å². The maximum Gasteiger partial charge on any atom is 0.188 e. The summed E-state index contributed by atoms with van der Waals surface area (Å²) in [5.74, 6) is 1.29. The van der Waals surface area contributed by atoms with Crippen LogP contribution >= 0.6 is 0 Å².